The summed E-state index contributed by atoms with van der Waals surface area (Å²) in [7, 11) is -3.19. The largest absolute Gasteiger partial charge is 0.399 e. The predicted molar refractivity (Wildman–Crippen MR) is 73.5 cm³/mol. The first-order valence-electron chi connectivity index (χ1n) is 6.37. The molecule has 1 aromatic rings. The van der Waals surface area contributed by atoms with Gasteiger partial charge in [-0.25, -0.2) is 8.42 Å². The van der Waals surface area contributed by atoms with Crippen molar-refractivity contribution in [3.05, 3.63) is 29.8 Å². The van der Waals surface area contributed by atoms with Crippen molar-refractivity contribution >= 4 is 15.7 Å². The molecule has 0 aromatic heterocycles. The molecule has 1 aromatic carbocycles. The molecule has 1 unspecified atom stereocenters. The van der Waals surface area contributed by atoms with Gasteiger partial charge in [0.05, 0.1) is 5.75 Å². The van der Waals surface area contributed by atoms with Gasteiger partial charge in [-0.3, -0.25) is 0 Å². The molecular formula is C13H20N2O2S. The quantitative estimate of drug-likeness (QED) is 0.849. The van der Waals surface area contributed by atoms with Crippen LogP contribution in [0.1, 0.15) is 31.7 Å². The maximum Gasteiger partial charge on any atom is 0.218 e. The highest BCUT2D eigenvalue weighted by molar-refractivity contribution is 7.88. The second-order valence-corrected chi connectivity index (χ2v) is 6.73. The van der Waals surface area contributed by atoms with Crippen molar-refractivity contribution in [1.29, 1.82) is 0 Å². The Balaban J connectivity index is 2.14. The molecule has 1 saturated heterocycles. The van der Waals surface area contributed by atoms with Gasteiger partial charge >= 0.3 is 0 Å². The minimum atomic E-state index is -3.19. The van der Waals surface area contributed by atoms with Gasteiger partial charge in [0.2, 0.25) is 10.0 Å². The number of nitrogen functional groups attached to an aromatic ring is 1. The van der Waals surface area contributed by atoms with Crippen molar-refractivity contribution in [2.75, 3.05) is 12.3 Å². The Bertz CT molecular complexity index is 496. The molecule has 0 radical (unpaired) electrons. The minimum absolute atomic E-state index is 0.0732. The van der Waals surface area contributed by atoms with Crippen LogP contribution in [0, 0.1) is 0 Å². The molecule has 1 aliphatic heterocycles. The van der Waals surface area contributed by atoms with Crippen molar-refractivity contribution in [2.24, 2.45) is 0 Å². The number of nitrogens with two attached hydrogens (primary N) is 1. The Hall–Kier alpha value is -1.07. The molecule has 1 aliphatic rings. The topological polar surface area (TPSA) is 63.4 Å². The van der Waals surface area contributed by atoms with E-state index in [1.807, 2.05) is 6.92 Å². The molecule has 0 spiro atoms. The normalized spacial score (nSPS) is 21.3. The Morgan fingerprint density at radius 2 is 2.00 bits per heavy atom. The van der Waals surface area contributed by atoms with E-state index in [2.05, 4.69) is 0 Å². The lowest BCUT2D eigenvalue weighted by atomic mass is 10.2. The van der Waals surface area contributed by atoms with Crippen LogP contribution in [-0.2, 0) is 15.8 Å². The summed E-state index contributed by atoms with van der Waals surface area (Å²) >= 11 is 0. The number of rotatable bonds is 4. The standard InChI is InChI=1S/C13H20N2O2S/c1-2-13-4-3-9-15(13)18(16,17)10-11-5-7-12(14)8-6-11/h5-8,13H,2-4,9-10,14H2,1H3. The summed E-state index contributed by atoms with van der Waals surface area (Å²) in [6.45, 7) is 2.71. The van der Waals surface area contributed by atoms with E-state index < -0.39 is 10.0 Å². The molecule has 5 heteroatoms. The van der Waals surface area contributed by atoms with Gasteiger partial charge in [0.1, 0.15) is 0 Å². The second kappa shape index (κ2) is 5.28. The summed E-state index contributed by atoms with van der Waals surface area (Å²) in [6, 6.07) is 7.23. The summed E-state index contributed by atoms with van der Waals surface area (Å²) in [5.74, 6) is 0.0732. The van der Waals surface area contributed by atoms with Crippen molar-refractivity contribution in [3.8, 4) is 0 Å². The van der Waals surface area contributed by atoms with E-state index in [0.29, 0.717) is 12.2 Å². The first-order valence-corrected chi connectivity index (χ1v) is 7.98. The number of hydrogen-bond acceptors (Lipinski definition) is 3. The Kier molecular flexibility index (Phi) is 3.92. The number of benzene rings is 1. The number of nitrogens with zero attached hydrogens (tertiary/aromatic N) is 1. The third-order valence-corrected chi connectivity index (χ3v) is 5.37. The molecule has 0 saturated carbocycles. The van der Waals surface area contributed by atoms with Gasteiger partial charge in [0, 0.05) is 18.3 Å². The van der Waals surface area contributed by atoms with Crippen LogP contribution >= 0.6 is 0 Å². The lowest BCUT2D eigenvalue weighted by molar-refractivity contribution is 0.379. The molecule has 18 heavy (non-hydrogen) atoms. The lowest BCUT2D eigenvalue weighted by Crippen LogP contribution is -2.35. The molecule has 2 N–H and O–H groups in total. The van der Waals surface area contributed by atoms with Crippen molar-refractivity contribution in [3.63, 3.8) is 0 Å². The van der Waals surface area contributed by atoms with Crippen LogP contribution in [0.15, 0.2) is 24.3 Å². The van der Waals surface area contributed by atoms with Crippen molar-refractivity contribution in [1.82, 2.24) is 4.31 Å². The summed E-state index contributed by atoms with van der Waals surface area (Å²) in [5.41, 5.74) is 7.05. The Morgan fingerprint density at radius 3 is 2.61 bits per heavy atom. The zero-order valence-corrected chi connectivity index (χ0v) is 11.5. The van der Waals surface area contributed by atoms with Gasteiger partial charge in [0.15, 0.2) is 0 Å². The summed E-state index contributed by atoms with van der Waals surface area (Å²) in [4.78, 5) is 0. The maximum absolute atomic E-state index is 12.4. The van der Waals surface area contributed by atoms with Crippen LogP contribution in [-0.4, -0.2) is 25.3 Å². The van der Waals surface area contributed by atoms with Crippen molar-refractivity contribution < 1.29 is 8.42 Å². The second-order valence-electron chi connectivity index (χ2n) is 4.81. The van der Waals surface area contributed by atoms with E-state index >= 15 is 0 Å². The fraction of sp³-hybridized carbons (Fsp3) is 0.538. The van der Waals surface area contributed by atoms with E-state index in [1.54, 1.807) is 28.6 Å². The molecule has 0 amide bonds. The highest BCUT2D eigenvalue weighted by Crippen LogP contribution is 2.25. The SMILES string of the molecule is CCC1CCCN1S(=O)(=O)Cc1ccc(N)cc1. The molecule has 1 heterocycles. The monoisotopic (exact) mass is 268 g/mol. The maximum atomic E-state index is 12.4. The molecule has 100 valence electrons. The summed E-state index contributed by atoms with van der Waals surface area (Å²) in [5, 5.41) is 0. The zero-order chi connectivity index (χ0) is 13.2. The highest BCUT2D eigenvalue weighted by atomic mass is 32.2. The van der Waals surface area contributed by atoms with E-state index in [9.17, 15) is 8.42 Å². The van der Waals surface area contributed by atoms with Crippen LogP contribution in [0.4, 0.5) is 5.69 Å². The highest BCUT2D eigenvalue weighted by Gasteiger charge is 2.32. The molecule has 1 fully saturated rings. The molecule has 2 rings (SSSR count). The third kappa shape index (κ3) is 2.84. The van der Waals surface area contributed by atoms with Gasteiger partial charge in [-0.1, -0.05) is 19.1 Å². The smallest absolute Gasteiger partial charge is 0.218 e. The first-order chi connectivity index (χ1) is 8.53. The van der Waals surface area contributed by atoms with E-state index in [4.69, 9.17) is 5.73 Å². The van der Waals surface area contributed by atoms with Gasteiger partial charge in [0.25, 0.3) is 0 Å². The Labute approximate surface area is 109 Å². The third-order valence-electron chi connectivity index (χ3n) is 3.48. The molecule has 0 aliphatic carbocycles. The number of hydrogen-bond donors (Lipinski definition) is 1. The average molecular weight is 268 g/mol. The summed E-state index contributed by atoms with van der Waals surface area (Å²) < 4.78 is 26.4. The number of anilines is 1. The van der Waals surface area contributed by atoms with Crippen molar-refractivity contribution in [2.45, 2.75) is 38.0 Å². The fourth-order valence-electron chi connectivity index (χ4n) is 2.49. The molecule has 0 bridgehead atoms. The van der Waals surface area contributed by atoms with Gasteiger partial charge in [-0.15, -0.1) is 0 Å². The molecular weight excluding hydrogens is 248 g/mol. The van der Waals surface area contributed by atoms with Crippen LogP contribution in [0.25, 0.3) is 0 Å². The molecule has 4 nitrogen and oxygen atoms in total. The van der Waals surface area contributed by atoms with E-state index in [1.165, 1.54) is 0 Å². The predicted octanol–water partition coefficient (Wildman–Crippen LogP) is 1.97. The number of sulfonamides is 1. The first kappa shape index (κ1) is 13.4. The van der Waals surface area contributed by atoms with E-state index in [0.717, 1.165) is 24.8 Å². The van der Waals surface area contributed by atoms with Gasteiger partial charge < -0.3 is 5.73 Å². The minimum Gasteiger partial charge on any atom is -0.399 e. The average Bonchev–Trinajstić information content (AvgIpc) is 2.81. The van der Waals surface area contributed by atoms with Crippen LogP contribution in [0.3, 0.4) is 0 Å². The van der Waals surface area contributed by atoms with Crippen LogP contribution in [0.5, 0.6) is 0 Å². The van der Waals surface area contributed by atoms with Gasteiger partial charge in [-0.2, -0.15) is 4.31 Å². The Morgan fingerprint density at radius 1 is 1.33 bits per heavy atom. The van der Waals surface area contributed by atoms with Gasteiger partial charge in [-0.05, 0) is 37.0 Å². The lowest BCUT2D eigenvalue weighted by Gasteiger charge is -2.23. The fourth-order valence-corrected chi connectivity index (χ4v) is 4.39. The summed E-state index contributed by atoms with van der Waals surface area (Å²) in [6.07, 6.45) is 2.85. The molecule has 1 atom stereocenters. The van der Waals surface area contributed by atoms with Crippen LogP contribution in [0.2, 0.25) is 0 Å². The van der Waals surface area contributed by atoms with E-state index in [-0.39, 0.29) is 11.8 Å². The zero-order valence-electron chi connectivity index (χ0n) is 10.7. The van der Waals surface area contributed by atoms with Crippen LogP contribution < -0.4 is 5.73 Å².